The van der Waals surface area contributed by atoms with Crippen LogP contribution in [0.4, 0.5) is 5.82 Å². The Morgan fingerprint density at radius 2 is 1.88 bits per heavy atom. The number of halogens is 1. The second kappa shape index (κ2) is 8.11. The van der Waals surface area contributed by atoms with Crippen molar-refractivity contribution >= 4 is 23.3 Å². The van der Waals surface area contributed by atoms with Crippen LogP contribution in [0.25, 0.3) is 0 Å². The van der Waals surface area contributed by atoms with E-state index in [0.29, 0.717) is 23.1 Å². The molecule has 0 spiro atoms. The molecule has 1 aliphatic carbocycles. The highest BCUT2D eigenvalue weighted by Crippen LogP contribution is 2.18. The number of carbonyl (C=O) groups is 1. The maximum absolute atomic E-state index is 12.3. The summed E-state index contributed by atoms with van der Waals surface area (Å²) >= 11 is 5.88. The summed E-state index contributed by atoms with van der Waals surface area (Å²) < 4.78 is 0. The summed E-state index contributed by atoms with van der Waals surface area (Å²) in [6.45, 7) is 0.609. The van der Waals surface area contributed by atoms with Gasteiger partial charge in [-0.05, 0) is 30.5 Å². The standard InChI is InChI=1S/C18H21ClN4O/c19-14-8-6-13(7-9-14)11-20-17-10-16(21-12-22-17)18(24)23-15-4-2-1-3-5-15/h6-10,12,15H,1-5,11H2,(H,23,24)(H,20,21,22). The Labute approximate surface area is 146 Å². The number of nitrogens with one attached hydrogen (secondary N) is 2. The van der Waals surface area contributed by atoms with Gasteiger partial charge in [0.1, 0.15) is 17.8 Å². The number of benzene rings is 1. The highest BCUT2D eigenvalue weighted by molar-refractivity contribution is 6.30. The van der Waals surface area contributed by atoms with E-state index in [1.54, 1.807) is 6.07 Å². The van der Waals surface area contributed by atoms with E-state index in [2.05, 4.69) is 20.6 Å². The average Bonchev–Trinajstić information content (AvgIpc) is 2.62. The second-order valence-electron chi connectivity index (χ2n) is 6.08. The Morgan fingerprint density at radius 1 is 1.12 bits per heavy atom. The van der Waals surface area contributed by atoms with E-state index in [1.165, 1.54) is 25.6 Å². The zero-order valence-corrected chi connectivity index (χ0v) is 14.2. The van der Waals surface area contributed by atoms with Crippen LogP contribution in [0.5, 0.6) is 0 Å². The molecule has 1 amide bonds. The summed E-state index contributed by atoms with van der Waals surface area (Å²) in [5.41, 5.74) is 1.49. The molecule has 1 fully saturated rings. The summed E-state index contributed by atoms with van der Waals surface area (Å²) in [7, 11) is 0. The van der Waals surface area contributed by atoms with E-state index in [1.807, 2.05) is 24.3 Å². The van der Waals surface area contributed by atoms with E-state index >= 15 is 0 Å². The summed E-state index contributed by atoms with van der Waals surface area (Å²) in [6.07, 6.45) is 7.15. The SMILES string of the molecule is O=C(NC1CCCCC1)c1cc(NCc2ccc(Cl)cc2)ncn1. The van der Waals surface area contributed by atoms with Gasteiger partial charge in [0.15, 0.2) is 0 Å². The highest BCUT2D eigenvalue weighted by atomic mass is 35.5. The molecule has 0 saturated heterocycles. The molecule has 0 unspecified atom stereocenters. The van der Waals surface area contributed by atoms with Gasteiger partial charge in [0, 0.05) is 23.7 Å². The van der Waals surface area contributed by atoms with Crippen molar-refractivity contribution in [2.45, 2.75) is 44.7 Å². The fourth-order valence-corrected chi connectivity index (χ4v) is 3.01. The third-order valence-electron chi connectivity index (χ3n) is 4.23. The lowest BCUT2D eigenvalue weighted by Crippen LogP contribution is -2.36. The van der Waals surface area contributed by atoms with E-state index in [-0.39, 0.29) is 11.9 Å². The first-order chi connectivity index (χ1) is 11.7. The molecule has 0 radical (unpaired) electrons. The number of nitrogens with zero attached hydrogens (tertiary/aromatic N) is 2. The van der Waals surface area contributed by atoms with Crippen LogP contribution in [0.3, 0.4) is 0 Å². The molecule has 6 heteroatoms. The molecule has 0 bridgehead atoms. The minimum absolute atomic E-state index is 0.126. The Morgan fingerprint density at radius 3 is 2.62 bits per heavy atom. The molecule has 1 saturated carbocycles. The topological polar surface area (TPSA) is 66.9 Å². The number of anilines is 1. The predicted molar refractivity (Wildman–Crippen MR) is 95.1 cm³/mol. The van der Waals surface area contributed by atoms with Crippen LogP contribution in [0.2, 0.25) is 5.02 Å². The van der Waals surface area contributed by atoms with Crippen molar-refractivity contribution in [3.8, 4) is 0 Å². The monoisotopic (exact) mass is 344 g/mol. The Balaban J connectivity index is 1.58. The summed E-state index contributed by atoms with van der Waals surface area (Å²) in [6, 6.07) is 9.56. The lowest BCUT2D eigenvalue weighted by molar-refractivity contribution is 0.0922. The van der Waals surface area contributed by atoms with Gasteiger partial charge in [0.25, 0.3) is 5.91 Å². The summed E-state index contributed by atoms with van der Waals surface area (Å²) in [4.78, 5) is 20.6. The van der Waals surface area contributed by atoms with Crippen LogP contribution >= 0.6 is 11.6 Å². The van der Waals surface area contributed by atoms with Crippen molar-refractivity contribution in [2.75, 3.05) is 5.32 Å². The van der Waals surface area contributed by atoms with Gasteiger partial charge >= 0.3 is 0 Å². The molecule has 126 valence electrons. The van der Waals surface area contributed by atoms with Crippen LogP contribution in [0, 0.1) is 0 Å². The molecular formula is C18H21ClN4O. The van der Waals surface area contributed by atoms with Gasteiger partial charge in [0.2, 0.25) is 0 Å². The van der Waals surface area contributed by atoms with E-state index in [9.17, 15) is 4.79 Å². The van der Waals surface area contributed by atoms with Crippen LogP contribution in [-0.2, 0) is 6.54 Å². The molecule has 24 heavy (non-hydrogen) atoms. The zero-order valence-electron chi connectivity index (χ0n) is 13.5. The number of aromatic nitrogens is 2. The minimum Gasteiger partial charge on any atom is -0.366 e. The lowest BCUT2D eigenvalue weighted by Gasteiger charge is -2.22. The van der Waals surface area contributed by atoms with Gasteiger partial charge < -0.3 is 10.6 Å². The van der Waals surface area contributed by atoms with Crippen LogP contribution < -0.4 is 10.6 Å². The molecule has 0 atom stereocenters. The van der Waals surface area contributed by atoms with Gasteiger partial charge in [-0.3, -0.25) is 4.79 Å². The molecule has 1 aromatic carbocycles. The first kappa shape index (κ1) is 16.7. The lowest BCUT2D eigenvalue weighted by atomic mass is 9.95. The van der Waals surface area contributed by atoms with Crippen LogP contribution in [0.1, 0.15) is 48.2 Å². The normalized spacial score (nSPS) is 15.0. The number of hydrogen-bond donors (Lipinski definition) is 2. The second-order valence-corrected chi connectivity index (χ2v) is 6.51. The van der Waals surface area contributed by atoms with Crippen molar-refractivity contribution in [1.82, 2.24) is 15.3 Å². The maximum atomic E-state index is 12.3. The van der Waals surface area contributed by atoms with E-state index in [4.69, 9.17) is 11.6 Å². The van der Waals surface area contributed by atoms with Crippen molar-refractivity contribution in [3.63, 3.8) is 0 Å². The van der Waals surface area contributed by atoms with Crippen molar-refractivity contribution < 1.29 is 4.79 Å². The third kappa shape index (κ3) is 4.68. The zero-order chi connectivity index (χ0) is 16.8. The highest BCUT2D eigenvalue weighted by Gasteiger charge is 2.17. The average molecular weight is 345 g/mol. The van der Waals surface area contributed by atoms with Gasteiger partial charge in [-0.1, -0.05) is 43.0 Å². The summed E-state index contributed by atoms with van der Waals surface area (Å²) in [5, 5.41) is 6.99. The first-order valence-electron chi connectivity index (χ1n) is 8.32. The maximum Gasteiger partial charge on any atom is 0.270 e. The quantitative estimate of drug-likeness (QED) is 0.865. The molecule has 1 aromatic heterocycles. The fourth-order valence-electron chi connectivity index (χ4n) is 2.88. The van der Waals surface area contributed by atoms with Crippen molar-refractivity contribution in [1.29, 1.82) is 0 Å². The van der Waals surface area contributed by atoms with Crippen molar-refractivity contribution in [3.05, 3.63) is 52.9 Å². The molecule has 1 heterocycles. The van der Waals surface area contributed by atoms with Gasteiger partial charge in [-0.2, -0.15) is 0 Å². The minimum atomic E-state index is -0.126. The smallest absolute Gasteiger partial charge is 0.270 e. The first-order valence-corrected chi connectivity index (χ1v) is 8.70. The molecule has 2 aromatic rings. The number of carbonyl (C=O) groups excluding carboxylic acids is 1. The van der Waals surface area contributed by atoms with E-state index < -0.39 is 0 Å². The Hall–Kier alpha value is -2.14. The van der Waals surface area contributed by atoms with Crippen LogP contribution in [0.15, 0.2) is 36.7 Å². The molecular weight excluding hydrogens is 324 g/mol. The molecule has 0 aliphatic heterocycles. The molecule has 3 rings (SSSR count). The third-order valence-corrected chi connectivity index (χ3v) is 4.48. The van der Waals surface area contributed by atoms with Gasteiger partial charge in [0.05, 0.1) is 0 Å². The Kier molecular flexibility index (Phi) is 5.64. The van der Waals surface area contributed by atoms with E-state index in [0.717, 1.165) is 18.4 Å². The molecule has 5 nitrogen and oxygen atoms in total. The molecule has 2 N–H and O–H groups in total. The fraction of sp³-hybridized carbons (Fsp3) is 0.389. The van der Waals surface area contributed by atoms with Gasteiger partial charge in [-0.25, -0.2) is 9.97 Å². The van der Waals surface area contributed by atoms with Crippen LogP contribution in [-0.4, -0.2) is 21.9 Å². The number of rotatable bonds is 5. The Bertz CT molecular complexity index is 684. The summed E-state index contributed by atoms with van der Waals surface area (Å²) in [5.74, 6) is 0.507. The molecule has 1 aliphatic rings. The van der Waals surface area contributed by atoms with Gasteiger partial charge in [-0.15, -0.1) is 0 Å². The number of hydrogen-bond acceptors (Lipinski definition) is 4. The number of amides is 1. The predicted octanol–water partition coefficient (Wildman–Crippen LogP) is 3.80. The van der Waals surface area contributed by atoms with Crippen molar-refractivity contribution in [2.24, 2.45) is 0 Å². The largest absolute Gasteiger partial charge is 0.366 e.